The summed E-state index contributed by atoms with van der Waals surface area (Å²) in [5, 5.41) is 24.4. The monoisotopic (exact) mass is 500 g/mol. The molecule has 0 aliphatic carbocycles. The zero-order valence-electron chi connectivity index (χ0n) is 18.1. The number of pyridine rings is 1. The molecule has 1 aromatic heterocycles. The van der Waals surface area contributed by atoms with E-state index in [2.05, 4.69) is 16.4 Å². The summed E-state index contributed by atoms with van der Waals surface area (Å²) in [4.78, 5) is 27.6. The summed E-state index contributed by atoms with van der Waals surface area (Å²) in [6.07, 6.45) is 0. The maximum absolute atomic E-state index is 12.6. The number of rotatable bonds is 7. The number of non-ortho nitro benzene ring substituents is 1. The number of nitro benzene ring substituents is 1. The minimum absolute atomic E-state index is 0.0150. The Morgan fingerprint density at radius 2 is 1.71 bits per heavy atom. The second-order valence-electron chi connectivity index (χ2n) is 7.33. The molecule has 172 valence electrons. The number of benzene rings is 3. The van der Waals surface area contributed by atoms with Crippen LogP contribution in [-0.4, -0.2) is 21.6 Å². The number of hydrogen-bond donors (Lipinski definition) is 1. The molecule has 1 heterocycles. The first-order valence-corrected chi connectivity index (χ1v) is 11.7. The van der Waals surface area contributed by atoms with Crippen molar-refractivity contribution < 1.29 is 9.72 Å². The molecule has 9 heteroatoms. The van der Waals surface area contributed by atoms with Gasteiger partial charge in [-0.3, -0.25) is 14.9 Å². The molecule has 1 amide bonds. The fourth-order valence-corrected chi connectivity index (χ4v) is 4.42. The molecule has 0 radical (unpaired) electrons. The number of nitro groups is 1. The molecule has 0 saturated heterocycles. The van der Waals surface area contributed by atoms with E-state index >= 15 is 0 Å². The average molecular weight is 501 g/mol. The normalized spacial score (nSPS) is 10.4. The number of carbonyl (C=O) groups excluding carboxylic acids is 1. The van der Waals surface area contributed by atoms with Gasteiger partial charge < -0.3 is 5.32 Å². The lowest BCUT2D eigenvalue weighted by molar-refractivity contribution is -0.384. The van der Waals surface area contributed by atoms with Gasteiger partial charge in [-0.25, -0.2) is 4.98 Å². The van der Waals surface area contributed by atoms with E-state index in [4.69, 9.17) is 11.6 Å². The van der Waals surface area contributed by atoms with Crippen molar-refractivity contribution in [1.29, 1.82) is 5.26 Å². The van der Waals surface area contributed by atoms with E-state index in [0.29, 0.717) is 38.1 Å². The number of amides is 1. The van der Waals surface area contributed by atoms with Gasteiger partial charge >= 0.3 is 0 Å². The second kappa shape index (κ2) is 10.8. The van der Waals surface area contributed by atoms with Crippen molar-refractivity contribution >= 4 is 40.6 Å². The SMILES string of the molecule is N#Cc1c(-c2ccccc2Cl)cc(-c2ccccc2)nc1SCC(=O)Nc1ccc([N+](=O)[O-])cc1. The molecule has 0 fully saturated rings. The molecule has 3 aromatic carbocycles. The van der Waals surface area contributed by atoms with Crippen LogP contribution in [0.1, 0.15) is 5.56 Å². The lowest BCUT2D eigenvalue weighted by Gasteiger charge is -2.13. The van der Waals surface area contributed by atoms with Crippen LogP contribution in [-0.2, 0) is 4.79 Å². The number of anilines is 1. The number of thioether (sulfide) groups is 1. The highest BCUT2D eigenvalue weighted by atomic mass is 35.5. The summed E-state index contributed by atoms with van der Waals surface area (Å²) in [5.74, 6) is -0.349. The Morgan fingerprint density at radius 3 is 2.37 bits per heavy atom. The third-order valence-electron chi connectivity index (χ3n) is 5.03. The van der Waals surface area contributed by atoms with Crippen molar-refractivity contribution in [3.8, 4) is 28.5 Å². The Morgan fingerprint density at radius 1 is 1.03 bits per heavy atom. The van der Waals surface area contributed by atoms with Crippen LogP contribution in [0.25, 0.3) is 22.4 Å². The largest absolute Gasteiger partial charge is 0.325 e. The Hall–Kier alpha value is -4.19. The average Bonchev–Trinajstić information content (AvgIpc) is 2.88. The summed E-state index contributed by atoms with van der Waals surface area (Å²) >= 11 is 7.58. The predicted molar refractivity (Wildman–Crippen MR) is 137 cm³/mol. The molecule has 4 rings (SSSR count). The zero-order chi connectivity index (χ0) is 24.8. The van der Waals surface area contributed by atoms with Crippen LogP contribution in [0, 0.1) is 21.4 Å². The molecule has 0 spiro atoms. The Labute approximate surface area is 210 Å². The fourth-order valence-electron chi connectivity index (χ4n) is 3.38. The van der Waals surface area contributed by atoms with Gasteiger partial charge in [-0.2, -0.15) is 5.26 Å². The number of nitrogens with one attached hydrogen (secondary N) is 1. The molecule has 0 aliphatic rings. The number of hydrogen-bond acceptors (Lipinski definition) is 6. The lowest BCUT2D eigenvalue weighted by Crippen LogP contribution is -2.14. The van der Waals surface area contributed by atoms with Crippen molar-refractivity contribution in [2.24, 2.45) is 0 Å². The van der Waals surface area contributed by atoms with Gasteiger partial charge in [0.15, 0.2) is 0 Å². The van der Waals surface area contributed by atoms with Crippen LogP contribution in [0.5, 0.6) is 0 Å². The summed E-state index contributed by atoms with van der Waals surface area (Å²) in [6.45, 7) is 0. The van der Waals surface area contributed by atoms with Gasteiger partial charge in [0, 0.05) is 39.5 Å². The van der Waals surface area contributed by atoms with E-state index in [1.54, 1.807) is 6.07 Å². The first-order valence-electron chi connectivity index (χ1n) is 10.4. The number of carbonyl (C=O) groups is 1. The van der Waals surface area contributed by atoms with Crippen LogP contribution in [0.2, 0.25) is 5.02 Å². The summed E-state index contributed by atoms with van der Waals surface area (Å²) in [6, 6.07) is 26.4. The maximum Gasteiger partial charge on any atom is 0.269 e. The molecular formula is C26H17ClN4O3S. The predicted octanol–water partition coefficient (Wildman–Crippen LogP) is 6.58. The fraction of sp³-hybridized carbons (Fsp3) is 0.0385. The number of halogens is 1. The van der Waals surface area contributed by atoms with Gasteiger partial charge in [0.05, 0.1) is 21.9 Å². The Bertz CT molecular complexity index is 1440. The van der Waals surface area contributed by atoms with Crippen LogP contribution in [0.4, 0.5) is 11.4 Å². The minimum atomic E-state index is -0.507. The van der Waals surface area contributed by atoms with E-state index in [1.165, 1.54) is 24.3 Å². The van der Waals surface area contributed by atoms with Crippen LogP contribution in [0.15, 0.2) is 90.0 Å². The highest BCUT2D eigenvalue weighted by Gasteiger charge is 2.18. The summed E-state index contributed by atoms with van der Waals surface area (Å²) in [7, 11) is 0. The van der Waals surface area contributed by atoms with Crippen LogP contribution in [0.3, 0.4) is 0 Å². The topological polar surface area (TPSA) is 109 Å². The van der Waals surface area contributed by atoms with E-state index < -0.39 is 4.92 Å². The number of nitriles is 1. The molecule has 0 saturated carbocycles. The molecule has 1 N–H and O–H groups in total. The first-order chi connectivity index (χ1) is 17.0. The third kappa shape index (κ3) is 5.66. The highest BCUT2D eigenvalue weighted by molar-refractivity contribution is 8.00. The first kappa shape index (κ1) is 24.0. The highest BCUT2D eigenvalue weighted by Crippen LogP contribution is 2.37. The number of nitrogens with zero attached hydrogens (tertiary/aromatic N) is 3. The molecule has 0 unspecified atom stereocenters. The van der Waals surface area contributed by atoms with E-state index in [9.17, 15) is 20.2 Å². The Kier molecular flexibility index (Phi) is 7.41. The van der Waals surface area contributed by atoms with Gasteiger partial charge in [0.25, 0.3) is 5.69 Å². The molecule has 0 atom stereocenters. The van der Waals surface area contributed by atoms with Gasteiger partial charge in [-0.1, -0.05) is 71.9 Å². The third-order valence-corrected chi connectivity index (χ3v) is 6.34. The van der Waals surface area contributed by atoms with Gasteiger partial charge in [-0.05, 0) is 24.3 Å². The molecule has 0 bridgehead atoms. The van der Waals surface area contributed by atoms with Crippen LogP contribution >= 0.6 is 23.4 Å². The van der Waals surface area contributed by atoms with Crippen molar-refractivity contribution in [3.63, 3.8) is 0 Å². The smallest absolute Gasteiger partial charge is 0.269 e. The van der Waals surface area contributed by atoms with Gasteiger partial charge in [-0.15, -0.1) is 0 Å². The second-order valence-corrected chi connectivity index (χ2v) is 8.70. The van der Waals surface area contributed by atoms with E-state index in [1.807, 2.05) is 54.6 Å². The summed E-state index contributed by atoms with van der Waals surface area (Å²) < 4.78 is 0. The standard InChI is InChI=1S/C26H17ClN4O3S/c27-23-9-5-4-8-20(23)21-14-24(17-6-2-1-3-7-17)30-26(22(21)15-28)35-16-25(32)29-18-10-12-19(13-11-18)31(33)34/h1-14H,16H2,(H,29,32). The van der Waals surface area contributed by atoms with Crippen molar-refractivity contribution in [2.45, 2.75) is 5.03 Å². The van der Waals surface area contributed by atoms with Crippen molar-refractivity contribution in [2.75, 3.05) is 11.1 Å². The van der Waals surface area contributed by atoms with E-state index in [0.717, 1.165) is 17.3 Å². The molecule has 4 aromatic rings. The zero-order valence-corrected chi connectivity index (χ0v) is 19.7. The van der Waals surface area contributed by atoms with Crippen LogP contribution < -0.4 is 5.32 Å². The van der Waals surface area contributed by atoms with Crippen molar-refractivity contribution in [1.82, 2.24) is 4.98 Å². The van der Waals surface area contributed by atoms with Gasteiger partial charge in [0.1, 0.15) is 11.1 Å². The molecule has 7 nitrogen and oxygen atoms in total. The molecule has 0 aliphatic heterocycles. The number of aromatic nitrogens is 1. The lowest BCUT2D eigenvalue weighted by atomic mass is 9.99. The minimum Gasteiger partial charge on any atom is -0.325 e. The van der Waals surface area contributed by atoms with Gasteiger partial charge in [0.2, 0.25) is 5.91 Å². The molecular weight excluding hydrogens is 484 g/mol. The molecule has 35 heavy (non-hydrogen) atoms. The quantitative estimate of drug-likeness (QED) is 0.174. The maximum atomic E-state index is 12.6. The van der Waals surface area contributed by atoms with E-state index in [-0.39, 0.29) is 17.3 Å². The van der Waals surface area contributed by atoms with Crippen molar-refractivity contribution in [3.05, 3.63) is 106 Å². The Balaban J connectivity index is 1.65. The summed E-state index contributed by atoms with van der Waals surface area (Å²) in [5.41, 5.74) is 3.54.